The van der Waals surface area contributed by atoms with Crippen molar-refractivity contribution in [3.8, 4) is 6.07 Å². The number of halogens is 1. The summed E-state index contributed by atoms with van der Waals surface area (Å²) < 4.78 is 4.92. The highest BCUT2D eigenvalue weighted by Crippen LogP contribution is 2.20. The van der Waals surface area contributed by atoms with Crippen LogP contribution in [0.3, 0.4) is 0 Å². The van der Waals surface area contributed by atoms with Gasteiger partial charge in [-0.2, -0.15) is 5.26 Å². The number of nitriles is 1. The lowest BCUT2D eigenvalue weighted by Gasteiger charge is -2.14. The lowest BCUT2D eigenvalue weighted by molar-refractivity contribution is -0.148. The van der Waals surface area contributed by atoms with E-state index in [4.69, 9.17) is 21.6 Å². The number of hydrogen-bond donors (Lipinski definition) is 2. The van der Waals surface area contributed by atoms with Gasteiger partial charge in [-0.05, 0) is 44.2 Å². The van der Waals surface area contributed by atoms with E-state index < -0.39 is 30.4 Å². The number of hydrogen-bond acceptors (Lipinski definition) is 5. The second-order valence-corrected chi connectivity index (χ2v) is 6.43. The van der Waals surface area contributed by atoms with Crippen LogP contribution in [0, 0.1) is 18.3 Å². The Kier molecular flexibility index (Phi) is 7.13. The molecule has 0 bridgehead atoms. The van der Waals surface area contributed by atoms with Crippen LogP contribution in [-0.4, -0.2) is 30.4 Å². The predicted octanol–water partition coefficient (Wildman–Crippen LogP) is 2.82. The highest BCUT2D eigenvalue weighted by atomic mass is 35.5. The van der Waals surface area contributed by atoms with E-state index in [0.717, 1.165) is 5.56 Å². The van der Waals surface area contributed by atoms with Crippen molar-refractivity contribution >= 4 is 35.1 Å². The van der Waals surface area contributed by atoms with Gasteiger partial charge < -0.3 is 15.4 Å². The molecular weight excluding hydrogens is 382 g/mol. The molecule has 7 nitrogen and oxygen atoms in total. The number of anilines is 1. The predicted molar refractivity (Wildman–Crippen MR) is 104 cm³/mol. The van der Waals surface area contributed by atoms with Gasteiger partial charge in [0.2, 0.25) is 0 Å². The summed E-state index contributed by atoms with van der Waals surface area (Å²) in [6.45, 7) is 2.80. The third-order valence-electron chi connectivity index (χ3n) is 3.70. The minimum absolute atomic E-state index is 0.199. The molecule has 0 saturated heterocycles. The van der Waals surface area contributed by atoms with Crippen molar-refractivity contribution in [2.75, 3.05) is 11.9 Å². The van der Waals surface area contributed by atoms with E-state index in [-0.39, 0.29) is 10.6 Å². The Morgan fingerprint density at radius 2 is 1.96 bits per heavy atom. The van der Waals surface area contributed by atoms with E-state index in [9.17, 15) is 14.4 Å². The minimum Gasteiger partial charge on any atom is -0.454 e. The fourth-order valence-electron chi connectivity index (χ4n) is 2.27. The smallest absolute Gasteiger partial charge is 0.328 e. The molecule has 2 rings (SSSR count). The molecule has 0 fully saturated rings. The first-order chi connectivity index (χ1) is 13.3. The minimum atomic E-state index is -0.926. The molecule has 28 heavy (non-hydrogen) atoms. The van der Waals surface area contributed by atoms with Crippen LogP contribution in [0.25, 0.3) is 0 Å². The van der Waals surface area contributed by atoms with Crippen molar-refractivity contribution in [3.63, 3.8) is 0 Å². The largest absolute Gasteiger partial charge is 0.454 e. The molecule has 0 heterocycles. The van der Waals surface area contributed by atoms with Crippen molar-refractivity contribution in [2.45, 2.75) is 19.9 Å². The standard InChI is InChI=1S/C20H18ClN3O4/c1-12-4-3-5-14(8-12)19(26)23-13(2)20(27)28-11-18(25)24-16-7-6-15(10-22)17(21)9-16/h3-9,13H,11H2,1-2H3,(H,23,26)(H,24,25)/t13-/m0/s1. The van der Waals surface area contributed by atoms with Crippen molar-refractivity contribution in [2.24, 2.45) is 0 Å². The van der Waals surface area contributed by atoms with Gasteiger partial charge in [0.1, 0.15) is 12.1 Å². The van der Waals surface area contributed by atoms with Crippen molar-refractivity contribution in [3.05, 3.63) is 64.2 Å². The summed E-state index contributed by atoms with van der Waals surface area (Å²) >= 11 is 5.89. The molecule has 0 radical (unpaired) electrons. The van der Waals surface area contributed by atoms with Gasteiger partial charge >= 0.3 is 5.97 Å². The van der Waals surface area contributed by atoms with Crippen molar-refractivity contribution < 1.29 is 19.1 Å². The van der Waals surface area contributed by atoms with Gasteiger partial charge in [-0.15, -0.1) is 0 Å². The lowest BCUT2D eigenvalue weighted by atomic mass is 10.1. The van der Waals surface area contributed by atoms with Gasteiger partial charge in [0.05, 0.1) is 10.6 Å². The number of aryl methyl sites for hydroxylation is 1. The van der Waals surface area contributed by atoms with E-state index >= 15 is 0 Å². The number of nitrogens with zero attached hydrogens (tertiary/aromatic N) is 1. The number of esters is 1. The van der Waals surface area contributed by atoms with Crippen LogP contribution in [0.2, 0.25) is 5.02 Å². The number of carbonyl (C=O) groups is 3. The second-order valence-electron chi connectivity index (χ2n) is 6.03. The number of amides is 2. The number of benzene rings is 2. The first-order valence-corrected chi connectivity index (χ1v) is 8.71. The molecule has 0 aliphatic carbocycles. The Morgan fingerprint density at radius 3 is 2.61 bits per heavy atom. The summed E-state index contributed by atoms with van der Waals surface area (Å²) in [4.78, 5) is 36.0. The van der Waals surface area contributed by atoms with Gasteiger partial charge in [0.25, 0.3) is 11.8 Å². The van der Waals surface area contributed by atoms with Crippen molar-refractivity contribution in [1.29, 1.82) is 5.26 Å². The number of nitrogens with one attached hydrogen (secondary N) is 2. The fraction of sp³-hybridized carbons (Fsp3) is 0.200. The van der Waals surface area contributed by atoms with Crippen LogP contribution in [0.5, 0.6) is 0 Å². The molecule has 0 aliphatic heterocycles. The molecule has 144 valence electrons. The third kappa shape index (κ3) is 5.83. The van der Waals surface area contributed by atoms with Crippen LogP contribution >= 0.6 is 11.6 Å². The van der Waals surface area contributed by atoms with Gasteiger partial charge in [0, 0.05) is 11.3 Å². The van der Waals surface area contributed by atoms with E-state index in [0.29, 0.717) is 11.3 Å². The highest BCUT2D eigenvalue weighted by Gasteiger charge is 2.19. The quantitative estimate of drug-likeness (QED) is 0.726. The Hall–Kier alpha value is -3.37. The third-order valence-corrected chi connectivity index (χ3v) is 4.01. The number of rotatable bonds is 6. The summed E-state index contributed by atoms with van der Waals surface area (Å²) in [6.07, 6.45) is 0. The maximum Gasteiger partial charge on any atom is 0.328 e. The summed E-state index contributed by atoms with van der Waals surface area (Å²) in [6, 6.07) is 12.3. The SMILES string of the molecule is Cc1cccc(C(=O)N[C@@H](C)C(=O)OCC(=O)Nc2ccc(C#N)c(Cl)c2)c1. The molecular formula is C20H18ClN3O4. The average molecular weight is 400 g/mol. The molecule has 2 N–H and O–H groups in total. The van der Waals surface area contributed by atoms with Gasteiger partial charge in [0.15, 0.2) is 6.61 Å². The van der Waals surface area contributed by atoms with Crippen LogP contribution in [0.4, 0.5) is 5.69 Å². The molecule has 8 heteroatoms. The Balaban J connectivity index is 1.83. The number of carbonyl (C=O) groups excluding carboxylic acids is 3. The van der Waals surface area contributed by atoms with E-state index in [1.807, 2.05) is 19.1 Å². The summed E-state index contributed by atoms with van der Waals surface area (Å²) in [5.74, 6) is -1.73. The van der Waals surface area contributed by atoms with Crippen LogP contribution in [-0.2, 0) is 14.3 Å². The molecule has 1 atom stereocenters. The second kappa shape index (κ2) is 9.53. The molecule has 0 unspecified atom stereocenters. The lowest BCUT2D eigenvalue weighted by Crippen LogP contribution is -2.40. The van der Waals surface area contributed by atoms with E-state index in [1.165, 1.54) is 25.1 Å². The topological polar surface area (TPSA) is 108 Å². The zero-order valence-corrected chi connectivity index (χ0v) is 16.0. The molecule has 2 aromatic rings. The van der Waals surface area contributed by atoms with Crippen LogP contribution < -0.4 is 10.6 Å². The van der Waals surface area contributed by atoms with E-state index in [1.54, 1.807) is 18.2 Å². The van der Waals surface area contributed by atoms with Gasteiger partial charge in [-0.1, -0.05) is 29.3 Å². The van der Waals surface area contributed by atoms with Crippen LogP contribution in [0.15, 0.2) is 42.5 Å². The Morgan fingerprint density at radius 1 is 1.21 bits per heavy atom. The number of ether oxygens (including phenoxy) is 1. The monoisotopic (exact) mass is 399 g/mol. The van der Waals surface area contributed by atoms with Gasteiger partial charge in [-0.3, -0.25) is 9.59 Å². The first kappa shape index (κ1) is 20.9. The molecule has 0 saturated carbocycles. The molecule has 2 amide bonds. The maximum atomic E-state index is 12.1. The highest BCUT2D eigenvalue weighted by molar-refractivity contribution is 6.32. The first-order valence-electron chi connectivity index (χ1n) is 8.34. The zero-order chi connectivity index (χ0) is 20.7. The molecule has 0 aromatic heterocycles. The van der Waals surface area contributed by atoms with Gasteiger partial charge in [-0.25, -0.2) is 4.79 Å². The maximum absolute atomic E-state index is 12.1. The summed E-state index contributed by atoms with van der Waals surface area (Å²) in [5, 5.41) is 14.1. The van der Waals surface area contributed by atoms with E-state index in [2.05, 4.69) is 10.6 Å². The molecule has 0 aliphatic rings. The van der Waals surface area contributed by atoms with Crippen LogP contribution in [0.1, 0.15) is 28.4 Å². The average Bonchev–Trinajstić information content (AvgIpc) is 2.66. The Labute approximate surface area is 167 Å². The summed E-state index contributed by atoms with van der Waals surface area (Å²) in [5.41, 5.74) is 1.99. The summed E-state index contributed by atoms with van der Waals surface area (Å²) in [7, 11) is 0. The molecule has 2 aromatic carbocycles. The fourth-order valence-corrected chi connectivity index (χ4v) is 2.49. The zero-order valence-electron chi connectivity index (χ0n) is 15.3. The Bertz CT molecular complexity index is 953. The normalized spacial score (nSPS) is 11.1. The molecule has 0 spiro atoms. The van der Waals surface area contributed by atoms with Crippen molar-refractivity contribution in [1.82, 2.24) is 5.32 Å².